The molecule has 3 atom stereocenters. The molecule has 31 heavy (non-hydrogen) atoms. The molecular weight excluding hydrogens is 395 g/mol. The van der Waals surface area contributed by atoms with Crippen LogP contribution in [0.15, 0.2) is 36.4 Å². The Labute approximate surface area is 184 Å². The van der Waals surface area contributed by atoms with Crippen molar-refractivity contribution in [1.82, 2.24) is 5.32 Å². The van der Waals surface area contributed by atoms with Crippen molar-refractivity contribution < 1.29 is 23.6 Å². The van der Waals surface area contributed by atoms with E-state index in [0.29, 0.717) is 30.4 Å². The number of quaternary nitrogens is 1. The molecule has 0 fully saturated rings. The Bertz CT molecular complexity index is 916. The number of halogens is 1. The summed E-state index contributed by atoms with van der Waals surface area (Å²) in [6.07, 6.45) is 1.37. The monoisotopic (exact) mass is 429 g/mol. The Hall–Kier alpha value is -2.60. The number of carbonyl (C=O) groups excluding carboxylic acids is 1. The van der Waals surface area contributed by atoms with Crippen molar-refractivity contribution in [1.29, 1.82) is 0 Å². The van der Waals surface area contributed by atoms with Gasteiger partial charge in [-0.05, 0) is 42.7 Å². The van der Waals surface area contributed by atoms with Crippen molar-refractivity contribution in [3.8, 4) is 11.5 Å². The number of nitrogens with one attached hydrogen (secondary N) is 2. The second-order valence-electron chi connectivity index (χ2n) is 8.80. The minimum absolute atomic E-state index is 0.0166. The SMILES string of the molecule is COc1cc2c(cc1OC)[C@@H]([C@@H](C)NC(=O)CC(C)C)[NH+](Cc1cccc(F)c1)CC2. The normalized spacial score (nSPS) is 18.9. The summed E-state index contributed by atoms with van der Waals surface area (Å²) in [6.45, 7) is 7.70. The lowest BCUT2D eigenvalue weighted by Gasteiger charge is -2.38. The van der Waals surface area contributed by atoms with Crippen LogP contribution in [0.3, 0.4) is 0 Å². The summed E-state index contributed by atoms with van der Waals surface area (Å²) in [5.74, 6) is 1.52. The third-order valence-electron chi connectivity index (χ3n) is 5.94. The predicted octanol–water partition coefficient (Wildman–Crippen LogP) is 3.08. The zero-order valence-corrected chi connectivity index (χ0v) is 19.1. The first kappa shape index (κ1) is 23.1. The fourth-order valence-corrected chi connectivity index (χ4v) is 4.61. The van der Waals surface area contributed by atoms with Gasteiger partial charge in [0.05, 0.1) is 26.8 Å². The lowest BCUT2D eigenvalue weighted by Crippen LogP contribution is -3.13. The Morgan fingerprint density at radius 2 is 1.87 bits per heavy atom. The summed E-state index contributed by atoms with van der Waals surface area (Å²) >= 11 is 0. The van der Waals surface area contributed by atoms with Crippen molar-refractivity contribution in [3.05, 3.63) is 58.9 Å². The van der Waals surface area contributed by atoms with Gasteiger partial charge in [0.1, 0.15) is 18.4 Å². The first-order valence-electron chi connectivity index (χ1n) is 11.0. The summed E-state index contributed by atoms with van der Waals surface area (Å²) < 4.78 is 24.9. The molecule has 5 nitrogen and oxygen atoms in total. The third-order valence-corrected chi connectivity index (χ3v) is 5.94. The van der Waals surface area contributed by atoms with Gasteiger partial charge in [-0.2, -0.15) is 0 Å². The molecule has 0 saturated carbocycles. The fourth-order valence-electron chi connectivity index (χ4n) is 4.61. The largest absolute Gasteiger partial charge is 0.493 e. The predicted molar refractivity (Wildman–Crippen MR) is 119 cm³/mol. The van der Waals surface area contributed by atoms with Crippen LogP contribution in [-0.2, 0) is 17.8 Å². The first-order valence-corrected chi connectivity index (χ1v) is 11.0. The second kappa shape index (κ2) is 10.1. The van der Waals surface area contributed by atoms with Gasteiger partial charge in [0.2, 0.25) is 5.91 Å². The summed E-state index contributed by atoms with van der Waals surface area (Å²) in [4.78, 5) is 13.8. The summed E-state index contributed by atoms with van der Waals surface area (Å²) in [7, 11) is 3.27. The molecule has 0 aromatic heterocycles. The summed E-state index contributed by atoms with van der Waals surface area (Å²) in [5.41, 5.74) is 3.30. The van der Waals surface area contributed by atoms with Crippen LogP contribution < -0.4 is 19.7 Å². The fraction of sp³-hybridized carbons (Fsp3) is 0.480. The van der Waals surface area contributed by atoms with Crippen molar-refractivity contribution in [2.75, 3.05) is 20.8 Å². The number of benzene rings is 2. The van der Waals surface area contributed by atoms with Crippen molar-refractivity contribution in [2.24, 2.45) is 5.92 Å². The minimum Gasteiger partial charge on any atom is -0.493 e. The van der Waals surface area contributed by atoms with E-state index in [2.05, 4.69) is 12.2 Å². The van der Waals surface area contributed by atoms with E-state index in [0.717, 1.165) is 24.1 Å². The standard InChI is InChI=1S/C25H33FN2O3/c1-16(2)11-24(29)27-17(3)25-21-14-23(31-5)22(30-4)13-19(21)9-10-28(25)15-18-7-6-8-20(26)12-18/h6-8,12-14,16-17,25H,9-11,15H2,1-5H3,(H,27,29)/p+1/t17-,25-/m1/s1. The van der Waals surface area contributed by atoms with Crippen LogP contribution in [-0.4, -0.2) is 32.7 Å². The molecule has 168 valence electrons. The van der Waals surface area contributed by atoms with E-state index >= 15 is 0 Å². The maximum absolute atomic E-state index is 13.8. The number of hydrogen-bond acceptors (Lipinski definition) is 3. The highest BCUT2D eigenvalue weighted by molar-refractivity contribution is 5.76. The number of rotatable bonds is 8. The number of amides is 1. The van der Waals surface area contributed by atoms with Crippen molar-refractivity contribution in [2.45, 2.75) is 52.2 Å². The zero-order chi connectivity index (χ0) is 22.5. The molecule has 2 N–H and O–H groups in total. The molecule has 0 saturated heterocycles. The molecule has 0 aliphatic carbocycles. The summed E-state index contributed by atoms with van der Waals surface area (Å²) in [5, 5.41) is 3.21. The average molecular weight is 430 g/mol. The maximum Gasteiger partial charge on any atom is 0.220 e. The van der Waals surface area contributed by atoms with Gasteiger partial charge in [0.25, 0.3) is 0 Å². The van der Waals surface area contributed by atoms with E-state index < -0.39 is 0 Å². The Morgan fingerprint density at radius 1 is 1.16 bits per heavy atom. The van der Waals surface area contributed by atoms with Crippen molar-refractivity contribution in [3.63, 3.8) is 0 Å². The number of methoxy groups -OCH3 is 2. The molecule has 2 aromatic carbocycles. The minimum atomic E-state index is -0.226. The zero-order valence-electron chi connectivity index (χ0n) is 19.1. The molecule has 1 aliphatic heterocycles. The smallest absolute Gasteiger partial charge is 0.220 e. The summed E-state index contributed by atoms with van der Waals surface area (Å²) in [6, 6.07) is 10.8. The molecule has 1 aliphatic rings. The Balaban J connectivity index is 1.96. The van der Waals surface area contributed by atoms with Gasteiger partial charge >= 0.3 is 0 Å². The maximum atomic E-state index is 13.8. The van der Waals surface area contributed by atoms with Gasteiger partial charge in [-0.1, -0.05) is 26.0 Å². The second-order valence-corrected chi connectivity index (χ2v) is 8.80. The molecule has 2 aromatic rings. The van der Waals surface area contributed by atoms with E-state index in [-0.39, 0.29) is 23.8 Å². The topological polar surface area (TPSA) is 52.0 Å². The molecule has 0 spiro atoms. The molecule has 1 heterocycles. The molecule has 3 rings (SSSR count). The van der Waals surface area contributed by atoms with Crippen LogP contribution >= 0.6 is 0 Å². The van der Waals surface area contributed by atoms with Crippen LogP contribution in [0.1, 0.15) is 49.9 Å². The van der Waals surface area contributed by atoms with Gasteiger partial charge in [0, 0.05) is 24.0 Å². The highest BCUT2D eigenvalue weighted by Crippen LogP contribution is 2.35. The third kappa shape index (κ3) is 5.56. The van der Waals surface area contributed by atoms with Crippen LogP contribution in [0.25, 0.3) is 0 Å². The van der Waals surface area contributed by atoms with Crippen LogP contribution in [0.5, 0.6) is 11.5 Å². The number of fused-ring (bicyclic) bond motifs is 1. The number of ether oxygens (including phenoxy) is 2. The molecule has 1 amide bonds. The Morgan fingerprint density at radius 3 is 2.52 bits per heavy atom. The van der Waals surface area contributed by atoms with Crippen LogP contribution in [0, 0.1) is 11.7 Å². The van der Waals surface area contributed by atoms with Gasteiger partial charge in [-0.15, -0.1) is 0 Å². The van der Waals surface area contributed by atoms with Crippen molar-refractivity contribution >= 4 is 5.91 Å². The van der Waals surface area contributed by atoms with E-state index in [1.807, 2.05) is 32.0 Å². The number of hydrogen-bond donors (Lipinski definition) is 2. The van der Waals surface area contributed by atoms with Crippen LogP contribution in [0.4, 0.5) is 4.39 Å². The van der Waals surface area contributed by atoms with E-state index in [9.17, 15) is 9.18 Å². The molecule has 0 radical (unpaired) electrons. The van der Waals surface area contributed by atoms with E-state index in [1.165, 1.54) is 16.5 Å². The molecular formula is C25H34FN2O3+. The average Bonchev–Trinajstić information content (AvgIpc) is 2.71. The molecule has 0 bridgehead atoms. The number of carbonyl (C=O) groups is 1. The molecule has 1 unspecified atom stereocenters. The van der Waals surface area contributed by atoms with Gasteiger partial charge in [-0.25, -0.2) is 4.39 Å². The lowest BCUT2D eigenvalue weighted by molar-refractivity contribution is -0.948. The highest BCUT2D eigenvalue weighted by atomic mass is 19.1. The lowest BCUT2D eigenvalue weighted by atomic mass is 9.87. The van der Waals surface area contributed by atoms with Crippen LogP contribution in [0.2, 0.25) is 0 Å². The quantitative estimate of drug-likeness (QED) is 0.678. The van der Waals surface area contributed by atoms with Gasteiger partial charge in [-0.3, -0.25) is 4.79 Å². The van der Waals surface area contributed by atoms with Gasteiger partial charge < -0.3 is 19.7 Å². The van der Waals surface area contributed by atoms with E-state index in [1.54, 1.807) is 26.4 Å². The van der Waals surface area contributed by atoms with Gasteiger partial charge in [0.15, 0.2) is 11.5 Å². The van der Waals surface area contributed by atoms with E-state index in [4.69, 9.17) is 9.47 Å². The Kier molecular flexibility index (Phi) is 7.55. The molecule has 6 heteroatoms. The first-order chi connectivity index (χ1) is 14.8. The highest BCUT2D eigenvalue weighted by Gasteiger charge is 2.37.